The third kappa shape index (κ3) is 12.4. The van der Waals surface area contributed by atoms with Crippen molar-refractivity contribution in [3.05, 3.63) is 0 Å². The molecule has 0 saturated carbocycles. The van der Waals surface area contributed by atoms with Gasteiger partial charge in [0.25, 0.3) is 0 Å². The van der Waals surface area contributed by atoms with Crippen LogP contribution in [0.4, 0.5) is 0 Å². The van der Waals surface area contributed by atoms with Gasteiger partial charge in [-0.05, 0) is 12.8 Å². The van der Waals surface area contributed by atoms with Crippen LogP contribution >= 0.6 is 0 Å². The second-order valence-electron chi connectivity index (χ2n) is 5.87. The molecule has 0 radical (unpaired) electrons. The first kappa shape index (κ1) is 17.9. The van der Waals surface area contributed by atoms with Gasteiger partial charge in [0.2, 0.25) is 0 Å². The van der Waals surface area contributed by atoms with Crippen LogP contribution in [0, 0.1) is 0 Å². The maximum Gasteiger partial charge on any atom is 0.0633 e. The summed E-state index contributed by atoms with van der Waals surface area (Å²) in [5.41, 5.74) is 11.4. The Balaban J connectivity index is 3.08. The van der Waals surface area contributed by atoms with Crippen molar-refractivity contribution in [2.75, 3.05) is 0 Å². The summed E-state index contributed by atoms with van der Waals surface area (Å²) in [7, 11) is 0. The van der Waals surface area contributed by atoms with E-state index in [9.17, 15) is 0 Å². The zero-order valence-electron chi connectivity index (χ0n) is 12.8. The molecule has 4 N–H and O–H groups in total. The normalized spacial score (nSPS) is 12.0. The van der Waals surface area contributed by atoms with Crippen molar-refractivity contribution in [2.45, 2.75) is 103 Å². The number of nitrogens with two attached hydrogens (primary N) is 2. The van der Waals surface area contributed by atoms with Gasteiger partial charge in [-0.25, -0.2) is 0 Å². The van der Waals surface area contributed by atoms with Gasteiger partial charge in [0, 0.05) is 0 Å². The Labute approximate surface area is 115 Å². The van der Waals surface area contributed by atoms with E-state index in [1.54, 1.807) is 0 Å². The van der Waals surface area contributed by atoms with Gasteiger partial charge in [-0.1, -0.05) is 84.5 Å². The fourth-order valence-corrected chi connectivity index (χ4v) is 2.30. The SMILES string of the molecule is CCCCCCCCCCCCCC(N)(N)CC. The zero-order chi connectivity index (χ0) is 13.7. The van der Waals surface area contributed by atoms with Gasteiger partial charge in [-0.3, -0.25) is 0 Å². The molecule has 0 aliphatic rings. The zero-order valence-corrected chi connectivity index (χ0v) is 12.8. The van der Waals surface area contributed by atoms with Crippen molar-refractivity contribution in [2.24, 2.45) is 11.5 Å². The lowest BCUT2D eigenvalue weighted by Gasteiger charge is -2.22. The van der Waals surface area contributed by atoms with Crippen LogP contribution in [0.25, 0.3) is 0 Å². The van der Waals surface area contributed by atoms with E-state index in [2.05, 4.69) is 13.8 Å². The number of unbranched alkanes of at least 4 members (excludes halogenated alkanes) is 10. The lowest BCUT2D eigenvalue weighted by Crippen LogP contribution is -2.48. The summed E-state index contributed by atoms with van der Waals surface area (Å²) >= 11 is 0. The first-order valence-corrected chi connectivity index (χ1v) is 8.20. The van der Waals surface area contributed by atoms with Crippen molar-refractivity contribution in [3.63, 3.8) is 0 Å². The average molecular weight is 256 g/mol. The van der Waals surface area contributed by atoms with Crippen LogP contribution in [0.3, 0.4) is 0 Å². The van der Waals surface area contributed by atoms with E-state index < -0.39 is 5.66 Å². The maximum absolute atomic E-state index is 5.91. The Morgan fingerprint density at radius 1 is 0.611 bits per heavy atom. The van der Waals surface area contributed by atoms with Crippen molar-refractivity contribution in [1.82, 2.24) is 0 Å². The molecule has 0 spiro atoms. The van der Waals surface area contributed by atoms with Crippen LogP contribution in [-0.4, -0.2) is 5.66 Å². The summed E-state index contributed by atoms with van der Waals surface area (Å²) in [6.07, 6.45) is 17.0. The van der Waals surface area contributed by atoms with E-state index in [0.717, 1.165) is 12.8 Å². The van der Waals surface area contributed by atoms with Crippen LogP contribution in [0.15, 0.2) is 0 Å². The summed E-state index contributed by atoms with van der Waals surface area (Å²) in [6.45, 7) is 4.34. The van der Waals surface area contributed by atoms with Gasteiger partial charge in [-0.2, -0.15) is 0 Å². The largest absolute Gasteiger partial charge is 0.314 e. The summed E-state index contributed by atoms with van der Waals surface area (Å²) in [5, 5.41) is 0. The summed E-state index contributed by atoms with van der Waals surface area (Å²) in [5.74, 6) is 0. The standard InChI is InChI=1S/C16H36N2/c1-3-5-6-7-8-9-10-11-12-13-14-15-16(17,18)4-2/h3-15,17-18H2,1-2H3. The van der Waals surface area contributed by atoms with E-state index in [0.29, 0.717) is 0 Å². The fraction of sp³-hybridized carbons (Fsp3) is 1.00. The minimum atomic E-state index is -0.417. The quantitative estimate of drug-likeness (QED) is 0.370. The summed E-state index contributed by atoms with van der Waals surface area (Å²) in [4.78, 5) is 0. The summed E-state index contributed by atoms with van der Waals surface area (Å²) < 4.78 is 0. The Morgan fingerprint density at radius 3 is 1.39 bits per heavy atom. The predicted molar refractivity (Wildman–Crippen MR) is 82.5 cm³/mol. The first-order chi connectivity index (χ1) is 8.62. The summed E-state index contributed by atoms with van der Waals surface area (Å²) in [6, 6.07) is 0. The van der Waals surface area contributed by atoms with Gasteiger partial charge < -0.3 is 11.5 Å². The van der Waals surface area contributed by atoms with E-state index >= 15 is 0 Å². The number of hydrogen-bond donors (Lipinski definition) is 2. The van der Waals surface area contributed by atoms with Crippen LogP contribution in [-0.2, 0) is 0 Å². The highest BCUT2D eigenvalue weighted by atomic mass is 14.9. The highest BCUT2D eigenvalue weighted by Gasteiger charge is 2.14. The smallest absolute Gasteiger partial charge is 0.0633 e. The molecule has 18 heavy (non-hydrogen) atoms. The second kappa shape index (κ2) is 12.0. The highest BCUT2D eigenvalue weighted by molar-refractivity contribution is 4.73. The molecule has 0 aliphatic heterocycles. The van der Waals surface area contributed by atoms with Gasteiger partial charge in [-0.15, -0.1) is 0 Å². The van der Waals surface area contributed by atoms with Crippen molar-refractivity contribution < 1.29 is 0 Å². The van der Waals surface area contributed by atoms with Crippen molar-refractivity contribution in [3.8, 4) is 0 Å². The molecule has 0 saturated heterocycles. The Morgan fingerprint density at radius 2 is 1.00 bits per heavy atom. The topological polar surface area (TPSA) is 52.0 Å². The molecule has 0 amide bonds. The molecule has 0 rings (SSSR count). The minimum Gasteiger partial charge on any atom is -0.314 e. The molecule has 0 heterocycles. The van der Waals surface area contributed by atoms with Gasteiger partial charge in [0.15, 0.2) is 0 Å². The molecular formula is C16H36N2. The fourth-order valence-electron chi connectivity index (χ4n) is 2.30. The van der Waals surface area contributed by atoms with Crippen LogP contribution in [0.2, 0.25) is 0 Å². The Hall–Kier alpha value is -0.0800. The molecule has 0 fully saturated rings. The van der Waals surface area contributed by atoms with Crippen molar-refractivity contribution in [1.29, 1.82) is 0 Å². The predicted octanol–water partition coefficient (Wildman–Crippen LogP) is 4.71. The van der Waals surface area contributed by atoms with Gasteiger partial charge >= 0.3 is 0 Å². The number of hydrogen-bond acceptors (Lipinski definition) is 2. The molecule has 2 nitrogen and oxygen atoms in total. The molecule has 0 aromatic heterocycles. The van der Waals surface area contributed by atoms with Crippen LogP contribution < -0.4 is 11.5 Å². The molecular weight excluding hydrogens is 220 g/mol. The minimum absolute atomic E-state index is 0.417. The Bertz CT molecular complexity index is 166. The van der Waals surface area contributed by atoms with Gasteiger partial charge in [0.05, 0.1) is 5.66 Å². The van der Waals surface area contributed by atoms with Crippen LogP contribution in [0.5, 0.6) is 0 Å². The third-order valence-corrected chi connectivity index (χ3v) is 3.90. The molecule has 0 unspecified atom stereocenters. The Kier molecular flexibility index (Phi) is 11.9. The van der Waals surface area contributed by atoms with E-state index in [4.69, 9.17) is 11.5 Å². The van der Waals surface area contributed by atoms with E-state index in [-0.39, 0.29) is 0 Å². The second-order valence-corrected chi connectivity index (χ2v) is 5.87. The molecule has 0 bridgehead atoms. The van der Waals surface area contributed by atoms with Gasteiger partial charge in [0.1, 0.15) is 0 Å². The molecule has 110 valence electrons. The van der Waals surface area contributed by atoms with Crippen LogP contribution in [0.1, 0.15) is 97.3 Å². The van der Waals surface area contributed by atoms with E-state index in [1.165, 1.54) is 70.6 Å². The maximum atomic E-state index is 5.91. The molecule has 0 aromatic carbocycles. The molecule has 0 aromatic rings. The molecule has 2 heteroatoms. The van der Waals surface area contributed by atoms with E-state index in [1.807, 2.05) is 0 Å². The monoisotopic (exact) mass is 256 g/mol. The number of rotatable bonds is 13. The first-order valence-electron chi connectivity index (χ1n) is 8.20. The lowest BCUT2D eigenvalue weighted by atomic mass is 9.99. The highest BCUT2D eigenvalue weighted by Crippen LogP contribution is 2.14. The molecule has 0 atom stereocenters. The third-order valence-electron chi connectivity index (χ3n) is 3.90. The average Bonchev–Trinajstić information content (AvgIpc) is 2.36. The van der Waals surface area contributed by atoms with Crippen molar-refractivity contribution >= 4 is 0 Å². The molecule has 0 aliphatic carbocycles. The lowest BCUT2D eigenvalue weighted by molar-refractivity contribution is 0.374.